The minimum Gasteiger partial charge on any atom is -0.496 e. The Balaban J connectivity index is 2.87. The molecule has 0 aliphatic carbocycles. The van der Waals surface area contributed by atoms with Gasteiger partial charge in [0.15, 0.2) is 0 Å². The molecule has 0 spiro atoms. The average molecular weight is 225 g/mol. The van der Waals surface area contributed by atoms with E-state index < -0.39 is 12.2 Å². The lowest BCUT2D eigenvalue weighted by atomic mass is 10.0. The number of benzene rings is 1. The third-order valence-corrected chi connectivity index (χ3v) is 2.60. The number of aliphatic hydroxyl groups excluding tert-OH is 2. The Morgan fingerprint density at radius 3 is 2.62 bits per heavy atom. The minimum absolute atomic E-state index is 0.348. The second kappa shape index (κ2) is 5.84. The van der Waals surface area contributed by atoms with Crippen LogP contribution in [0, 0.1) is 6.92 Å². The zero-order chi connectivity index (χ0) is 12.1. The van der Waals surface area contributed by atoms with E-state index in [1.165, 1.54) is 0 Å². The third kappa shape index (κ3) is 2.95. The molecule has 0 aliphatic rings. The molecule has 2 atom stereocenters. The third-order valence-electron chi connectivity index (χ3n) is 2.60. The SMILES string of the molecule is COc1cc(C(O)C(O)CCN)ccc1C. The van der Waals surface area contributed by atoms with Crippen molar-refractivity contribution in [1.29, 1.82) is 0 Å². The largest absolute Gasteiger partial charge is 0.496 e. The van der Waals surface area contributed by atoms with E-state index in [1.807, 2.05) is 13.0 Å². The monoisotopic (exact) mass is 225 g/mol. The fraction of sp³-hybridized carbons (Fsp3) is 0.500. The van der Waals surface area contributed by atoms with E-state index in [-0.39, 0.29) is 0 Å². The van der Waals surface area contributed by atoms with Gasteiger partial charge in [-0.3, -0.25) is 0 Å². The molecule has 90 valence electrons. The zero-order valence-electron chi connectivity index (χ0n) is 9.68. The Labute approximate surface area is 95.7 Å². The number of nitrogens with two attached hydrogens (primary N) is 1. The molecule has 0 saturated heterocycles. The second-order valence-electron chi connectivity index (χ2n) is 3.82. The second-order valence-corrected chi connectivity index (χ2v) is 3.82. The minimum atomic E-state index is -0.918. The van der Waals surface area contributed by atoms with Crippen LogP contribution in [0.3, 0.4) is 0 Å². The quantitative estimate of drug-likeness (QED) is 0.691. The Hall–Kier alpha value is -1.10. The first-order valence-electron chi connectivity index (χ1n) is 5.31. The summed E-state index contributed by atoms with van der Waals surface area (Å²) in [4.78, 5) is 0. The Kier molecular flexibility index (Phi) is 4.73. The molecule has 0 aromatic heterocycles. The van der Waals surface area contributed by atoms with Crippen LogP contribution in [0.2, 0.25) is 0 Å². The molecule has 4 nitrogen and oxygen atoms in total. The van der Waals surface area contributed by atoms with Crippen molar-refractivity contribution in [2.75, 3.05) is 13.7 Å². The highest BCUT2D eigenvalue weighted by molar-refractivity contribution is 5.37. The van der Waals surface area contributed by atoms with Crippen molar-refractivity contribution >= 4 is 0 Å². The summed E-state index contributed by atoms with van der Waals surface area (Å²) in [5.41, 5.74) is 6.96. The molecule has 0 aliphatic heterocycles. The van der Waals surface area contributed by atoms with Crippen LogP contribution in [0.15, 0.2) is 18.2 Å². The molecule has 0 bridgehead atoms. The van der Waals surface area contributed by atoms with Gasteiger partial charge in [-0.25, -0.2) is 0 Å². The van der Waals surface area contributed by atoms with E-state index in [4.69, 9.17) is 10.5 Å². The first kappa shape index (κ1) is 13.0. The summed E-state index contributed by atoms with van der Waals surface area (Å²) >= 11 is 0. The summed E-state index contributed by atoms with van der Waals surface area (Å²) in [6.07, 6.45) is -1.38. The van der Waals surface area contributed by atoms with E-state index >= 15 is 0 Å². The van der Waals surface area contributed by atoms with Crippen LogP contribution in [0.1, 0.15) is 23.7 Å². The maximum absolute atomic E-state index is 9.87. The zero-order valence-corrected chi connectivity index (χ0v) is 9.68. The van der Waals surface area contributed by atoms with Gasteiger partial charge in [-0.05, 0) is 37.1 Å². The number of methoxy groups -OCH3 is 1. The smallest absolute Gasteiger partial charge is 0.122 e. The van der Waals surface area contributed by atoms with Crippen LogP contribution in [0.5, 0.6) is 5.75 Å². The number of hydrogen-bond acceptors (Lipinski definition) is 4. The maximum atomic E-state index is 9.87. The van der Waals surface area contributed by atoms with Crippen LogP contribution in [0.25, 0.3) is 0 Å². The first-order chi connectivity index (χ1) is 7.60. The van der Waals surface area contributed by atoms with Crippen molar-refractivity contribution in [1.82, 2.24) is 0 Å². The van der Waals surface area contributed by atoms with Gasteiger partial charge in [0, 0.05) is 0 Å². The van der Waals surface area contributed by atoms with Crippen LogP contribution in [-0.4, -0.2) is 30.0 Å². The summed E-state index contributed by atoms with van der Waals surface area (Å²) < 4.78 is 5.16. The van der Waals surface area contributed by atoms with E-state index in [0.29, 0.717) is 24.3 Å². The summed E-state index contributed by atoms with van der Waals surface area (Å²) in [6, 6.07) is 5.37. The summed E-state index contributed by atoms with van der Waals surface area (Å²) in [7, 11) is 1.58. The lowest BCUT2D eigenvalue weighted by Gasteiger charge is -2.18. The molecule has 16 heavy (non-hydrogen) atoms. The van der Waals surface area contributed by atoms with Gasteiger partial charge in [-0.2, -0.15) is 0 Å². The molecule has 1 aromatic carbocycles. The molecule has 0 heterocycles. The van der Waals surface area contributed by atoms with Crippen molar-refractivity contribution in [3.63, 3.8) is 0 Å². The lowest BCUT2D eigenvalue weighted by molar-refractivity contribution is 0.0149. The molecule has 1 rings (SSSR count). The summed E-state index contributed by atoms with van der Waals surface area (Å²) in [5.74, 6) is 0.705. The van der Waals surface area contributed by atoms with Gasteiger partial charge < -0.3 is 20.7 Å². The first-order valence-corrected chi connectivity index (χ1v) is 5.31. The Morgan fingerprint density at radius 2 is 2.06 bits per heavy atom. The van der Waals surface area contributed by atoms with Crippen LogP contribution < -0.4 is 10.5 Å². The van der Waals surface area contributed by atoms with Gasteiger partial charge in [0.05, 0.1) is 13.2 Å². The molecule has 0 amide bonds. The molecule has 4 heteroatoms. The molecule has 0 fully saturated rings. The lowest BCUT2D eigenvalue weighted by Crippen LogP contribution is -2.21. The van der Waals surface area contributed by atoms with Crippen molar-refractivity contribution in [3.05, 3.63) is 29.3 Å². The summed E-state index contributed by atoms with van der Waals surface area (Å²) in [6.45, 7) is 2.27. The average Bonchev–Trinajstić information content (AvgIpc) is 2.29. The highest BCUT2D eigenvalue weighted by Gasteiger charge is 2.18. The fourth-order valence-corrected chi connectivity index (χ4v) is 1.57. The van der Waals surface area contributed by atoms with Crippen LogP contribution in [0.4, 0.5) is 0 Å². The Bertz CT molecular complexity index is 341. The van der Waals surface area contributed by atoms with Gasteiger partial charge in [-0.15, -0.1) is 0 Å². The molecule has 0 radical (unpaired) electrons. The molecule has 1 aromatic rings. The molecular weight excluding hydrogens is 206 g/mol. The topological polar surface area (TPSA) is 75.7 Å². The van der Waals surface area contributed by atoms with E-state index in [1.54, 1.807) is 19.2 Å². The van der Waals surface area contributed by atoms with Gasteiger partial charge in [-0.1, -0.05) is 12.1 Å². The van der Waals surface area contributed by atoms with Crippen molar-refractivity contribution in [2.45, 2.75) is 25.6 Å². The highest BCUT2D eigenvalue weighted by Crippen LogP contribution is 2.25. The standard InChI is InChI=1S/C12H19NO3/c1-8-3-4-9(7-11(8)16-2)12(15)10(14)5-6-13/h3-4,7,10,12,14-15H,5-6,13H2,1-2H3. The predicted molar refractivity (Wildman–Crippen MR) is 62.4 cm³/mol. The number of hydrogen-bond donors (Lipinski definition) is 3. The molecule has 4 N–H and O–H groups in total. The van der Waals surface area contributed by atoms with Gasteiger partial charge in [0.25, 0.3) is 0 Å². The number of aliphatic hydroxyl groups is 2. The van der Waals surface area contributed by atoms with Crippen LogP contribution >= 0.6 is 0 Å². The van der Waals surface area contributed by atoms with Gasteiger partial charge in [0.1, 0.15) is 11.9 Å². The molecule has 2 unspecified atom stereocenters. The van der Waals surface area contributed by atoms with Crippen molar-refractivity contribution in [3.8, 4) is 5.75 Å². The molecule has 0 saturated carbocycles. The van der Waals surface area contributed by atoms with Crippen molar-refractivity contribution in [2.24, 2.45) is 5.73 Å². The van der Waals surface area contributed by atoms with Gasteiger partial charge >= 0.3 is 0 Å². The van der Waals surface area contributed by atoms with E-state index in [0.717, 1.165) is 5.56 Å². The number of aryl methyl sites for hydroxylation is 1. The summed E-state index contributed by atoms with van der Waals surface area (Å²) in [5, 5.41) is 19.5. The number of ether oxygens (including phenoxy) is 1. The maximum Gasteiger partial charge on any atom is 0.122 e. The molecular formula is C12H19NO3. The van der Waals surface area contributed by atoms with E-state index in [2.05, 4.69) is 0 Å². The number of rotatable bonds is 5. The normalized spacial score (nSPS) is 14.6. The van der Waals surface area contributed by atoms with Crippen LogP contribution in [-0.2, 0) is 0 Å². The van der Waals surface area contributed by atoms with Crippen molar-refractivity contribution < 1.29 is 14.9 Å². The fourth-order valence-electron chi connectivity index (χ4n) is 1.57. The van der Waals surface area contributed by atoms with Gasteiger partial charge in [0.2, 0.25) is 0 Å². The highest BCUT2D eigenvalue weighted by atomic mass is 16.5. The van der Waals surface area contributed by atoms with E-state index in [9.17, 15) is 10.2 Å². The Morgan fingerprint density at radius 1 is 1.38 bits per heavy atom. The predicted octanol–water partition coefficient (Wildman–Crippen LogP) is 0.747.